The van der Waals surface area contributed by atoms with Crippen LogP contribution in [-0.4, -0.2) is 35.1 Å². The number of rotatable bonds is 10. The van der Waals surface area contributed by atoms with Crippen LogP contribution in [0.25, 0.3) is 10.2 Å². The number of nitrogens with one attached hydrogen (secondary N) is 4. The molecule has 0 saturated heterocycles. The number of H-pyrrole nitrogens is 1. The number of hydrogen-bond donors (Lipinski definition) is 5. The third-order valence-corrected chi connectivity index (χ3v) is 5.71. The number of amides is 3. The number of phenols is 1. The van der Waals surface area contributed by atoms with Crippen LogP contribution in [-0.2, 0) is 11.2 Å². The largest absolute Gasteiger partial charge is 0.506 e. The van der Waals surface area contributed by atoms with E-state index in [1.54, 1.807) is 12.1 Å². The maximum absolute atomic E-state index is 12.0. The number of aromatic nitrogens is 1. The molecule has 2 aromatic carbocycles. The Balaban J connectivity index is 1.27. The number of benzene rings is 2. The summed E-state index contributed by atoms with van der Waals surface area (Å²) in [6.45, 7) is 1.02. The molecule has 0 unspecified atom stereocenters. The molecule has 1 heterocycles. The molecule has 0 saturated carbocycles. The number of para-hydroxylation sites is 1. The highest BCUT2D eigenvalue weighted by atomic mass is 32.1. The SMILES string of the molecule is O=C(CCCCCNC(=O)Nc1ccccc1)NCCc1ccc(O)c2[nH]c(=O)sc12. The average molecular weight is 443 g/mol. The summed E-state index contributed by atoms with van der Waals surface area (Å²) in [6, 6.07) is 12.3. The summed E-state index contributed by atoms with van der Waals surface area (Å²) in [7, 11) is 0. The van der Waals surface area contributed by atoms with E-state index in [9.17, 15) is 19.5 Å². The number of carbonyl (C=O) groups excluding carboxylic acids is 2. The summed E-state index contributed by atoms with van der Waals surface area (Å²) < 4.78 is 0.725. The van der Waals surface area contributed by atoms with Crippen molar-refractivity contribution in [3.8, 4) is 5.75 Å². The Hall–Kier alpha value is -3.33. The van der Waals surface area contributed by atoms with Crippen LogP contribution in [0.5, 0.6) is 5.75 Å². The Morgan fingerprint density at radius 2 is 1.77 bits per heavy atom. The van der Waals surface area contributed by atoms with Gasteiger partial charge in [-0.3, -0.25) is 9.59 Å². The van der Waals surface area contributed by atoms with Crippen LogP contribution in [0.4, 0.5) is 10.5 Å². The molecule has 0 aliphatic heterocycles. The van der Waals surface area contributed by atoms with Gasteiger partial charge in [-0.15, -0.1) is 0 Å². The summed E-state index contributed by atoms with van der Waals surface area (Å²) in [5.41, 5.74) is 2.11. The lowest BCUT2D eigenvalue weighted by molar-refractivity contribution is -0.121. The van der Waals surface area contributed by atoms with E-state index in [1.165, 1.54) is 0 Å². The Bertz CT molecular complexity index is 1080. The lowest BCUT2D eigenvalue weighted by Crippen LogP contribution is -2.29. The van der Waals surface area contributed by atoms with E-state index in [0.717, 1.165) is 46.6 Å². The number of aromatic amines is 1. The zero-order valence-corrected chi connectivity index (χ0v) is 17.9. The number of fused-ring (bicyclic) bond motifs is 1. The van der Waals surface area contributed by atoms with E-state index in [-0.39, 0.29) is 22.6 Å². The average Bonchev–Trinajstić information content (AvgIpc) is 3.15. The van der Waals surface area contributed by atoms with Gasteiger partial charge in [0.25, 0.3) is 0 Å². The van der Waals surface area contributed by atoms with E-state index < -0.39 is 0 Å². The van der Waals surface area contributed by atoms with Crippen molar-refractivity contribution in [3.05, 3.63) is 57.7 Å². The normalized spacial score (nSPS) is 10.7. The van der Waals surface area contributed by atoms with Gasteiger partial charge in [-0.25, -0.2) is 4.79 Å². The third-order valence-electron chi connectivity index (χ3n) is 4.75. The number of urea groups is 1. The molecular formula is C22H26N4O4S. The Morgan fingerprint density at radius 3 is 2.58 bits per heavy atom. The number of thiazole rings is 1. The van der Waals surface area contributed by atoms with Gasteiger partial charge in [-0.2, -0.15) is 0 Å². The number of anilines is 1. The van der Waals surface area contributed by atoms with E-state index >= 15 is 0 Å². The monoisotopic (exact) mass is 442 g/mol. The minimum absolute atomic E-state index is 0.0212. The highest BCUT2D eigenvalue weighted by Crippen LogP contribution is 2.27. The summed E-state index contributed by atoms with van der Waals surface area (Å²) in [6.07, 6.45) is 3.40. The minimum atomic E-state index is -0.236. The van der Waals surface area contributed by atoms with Crippen LogP contribution in [0, 0.1) is 0 Å². The lowest BCUT2D eigenvalue weighted by Gasteiger charge is -2.08. The van der Waals surface area contributed by atoms with Crippen LogP contribution in [0.3, 0.4) is 0 Å². The predicted molar refractivity (Wildman–Crippen MR) is 123 cm³/mol. The summed E-state index contributed by atoms with van der Waals surface area (Å²) in [5, 5.41) is 18.3. The molecule has 0 spiro atoms. The van der Waals surface area contributed by atoms with Crippen molar-refractivity contribution >= 4 is 39.2 Å². The van der Waals surface area contributed by atoms with Crippen molar-refractivity contribution in [2.75, 3.05) is 18.4 Å². The van der Waals surface area contributed by atoms with Gasteiger partial charge in [0.1, 0.15) is 11.3 Å². The quantitative estimate of drug-likeness (QED) is 0.309. The Kier molecular flexibility index (Phi) is 8.05. The molecule has 0 radical (unpaired) electrons. The second kappa shape index (κ2) is 11.2. The maximum atomic E-state index is 12.0. The number of hydrogen-bond acceptors (Lipinski definition) is 5. The molecule has 31 heavy (non-hydrogen) atoms. The molecule has 0 aliphatic carbocycles. The standard InChI is InChI=1S/C22H26N4O4S/c27-17-11-10-15(20-19(17)26-22(30)31-20)12-14-23-18(28)9-5-2-6-13-24-21(29)25-16-7-3-1-4-8-16/h1,3-4,7-8,10-11,27H,2,5-6,9,12-14H2,(H,23,28)(H,26,30)(H2,24,25,29). The molecule has 164 valence electrons. The van der Waals surface area contributed by atoms with Crippen molar-refractivity contribution in [3.63, 3.8) is 0 Å². The Morgan fingerprint density at radius 1 is 0.968 bits per heavy atom. The van der Waals surface area contributed by atoms with Gasteiger partial charge in [0, 0.05) is 25.2 Å². The van der Waals surface area contributed by atoms with Crippen LogP contribution >= 0.6 is 11.3 Å². The first kappa shape index (κ1) is 22.4. The van der Waals surface area contributed by atoms with Crippen molar-refractivity contribution in [1.29, 1.82) is 0 Å². The Labute approximate surface area is 183 Å². The summed E-state index contributed by atoms with van der Waals surface area (Å²) in [5.74, 6) is 0.0280. The van der Waals surface area contributed by atoms with Crippen LogP contribution in [0.2, 0.25) is 0 Å². The first-order chi connectivity index (χ1) is 15.0. The molecule has 0 atom stereocenters. The molecule has 0 fully saturated rings. The van der Waals surface area contributed by atoms with Gasteiger partial charge >= 0.3 is 10.9 Å². The molecule has 3 aromatic rings. The number of carbonyl (C=O) groups is 2. The van der Waals surface area contributed by atoms with Crippen molar-refractivity contribution in [2.24, 2.45) is 0 Å². The van der Waals surface area contributed by atoms with E-state index in [2.05, 4.69) is 20.9 Å². The van der Waals surface area contributed by atoms with Gasteiger partial charge < -0.3 is 26.0 Å². The topological polar surface area (TPSA) is 123 Å². The molecule has 8 nitrogen and oxygen atoms in total. The van der Waals surface area contributed by atoms with Crippen LogP contribution in [0.15, 0.2) is 47.3 Å². The second-order valence-corrected chi connectivity index (χ2v) is 8.10. The van der Waals surface area contributed by atoms with Gasteiger partial charge in [0.05, 0.1) is 4.70 Å². The smallest absolute Gasteiger partial charge is 0.319 e. The molecule has 9 heteroatoms. The van der Waals surface area contributed by atoms with Crippen molar-refractivity contribution in [1.82, 2.24) is 15.6 Å². The van der Waals surface area contributed by atoms with Gasteiger partial charge in [0.2, 0.25) is 5.91 Å². The molecule has 1 aromatic heterocycles. The third kappa shape index (κ3) is 6.85. The van der Waals surface area contributed by atoms with Crippen LogP contribution < -0.4 is 20.8 Å². The lowest BCUT2D eigenvalue weighted by atomic mass is 10.1. The van der Waals surface area contributed by atoms with Gasteiger partial charge in [-0.05, 0) is 43.0 Å². The van der Waals surface area contributed by atoms with Gasteiger partial charge in [-0.1, -0.05) is 42.0 Å². The molecule has 5 N–H and O–H groups in total. The predicted octanol–water partition coefficient (Wildman–Crippen LogP) is 3.34. The van der Waals surface area contributed by atoms with Crippen LogP contribution in [0.1, 0.15) is 31.2 Å². The highest BCUT2D eigenvalue weighted by molar-refractivity contribution is 7.16. The van der Waals surface area contributed by atoms with E-state index in [1.807, 2.05) is 30.3 Å². The molecule has 0 aliphatic rings. The fourth-order valence-electron chi connectivity index (χ4n) is 3.18. The molecule has 3 rings (SSSR count). The second-order valence-electron chi connectivity index (χ2n) is 7.12. The first-order valence-corrected chi connectivity index (χ1v) is 11.0. The van der Waals surface area contributed by atoms with E-state index in [4.69, 9.17) is 0 Å². The zero-order chi connectivity index (χ0) is 22.1. The summed E-state index contributed by atoms with van der Waals surface area (Å²) >= 11 is 1.06. The van der Waals surface area contributed by atoms with Gasteiger partial charge in [0.15, 0.2) is 0 Å². The van der Waals surface area contributed by atoms with E-state index in [0.29, 0.717) is 31.4 Å². The zero-order valence-electron chi connectivity index (χ0n) is 17.1. The molecular weight excluding hydrogens is 416 g/mol. The maximum Gasteiger partial charge on any atom is 0.319 e. The first-order valence-electron chi connectivity index (χ1n) is 10.2. The van der Waals surface area contributed by atoms with Crippen molar-refractivity contribution in [2.45, 2.75) is 32.1 Å². The van der Waals surface area contributed by atoms with Crippen molar-refractivity contribution < 1.29 is 14.7 Å². The molecule has 3 amide bonds. The fourth-order valence-corrected chi connectivity index (χ4v) is 4.08. The number of aromatic hydroxyl groups is 1. The highest BCUT2D eigenvalue weighted by Gasteiger charge is 2.10. The number of unbranched alkanes of at least 4 members (excludes halogenated alkanes) is 2. The fraction of sp³-hybridized carbons (Fsp3) is 0.318. The molecule has 0 bridgehead atoms. The minimum Gasteiger partial charge on any atom is -0.506 e. The number of phenolic OH excluding ortho intramolecular Hbond substituents is 1. The summed E-state index contributed by atoms with van der Waals surface area (Å²) in [4.78, 5) is 37.7.